The molecule has 2 aromatic rings. The van der Waals surface area contributed by atoms with Gasteiger partial charge in [0.15, 0.2) is 17.3 Å². The Kier molecular flexibility index (Phi) is 3.69. The third-order valence-electron chi connectivity index (χ3n) is 4.32. The van der Waals surface area contributed by atoms with E-state index in [4.69, 9.17) is 9.47 Å². The molecule has 2 heterocycles. The third kappa shape index (κ3) is 2.62. The number of nitrogens with zero attached hydrogens (tertiary/aromatic N) is 1. The summed E-state index contributed by atoms with van der Waals surface area (Å²) in [5, 5.41) is 0. The predicted molar refractivity (Wildman–Crippen MR) is 88.9 cm³/mol. The normalized spacial score (nSPS) is 15.8. The van der Waals surface area contributed by atoms with E-state index in [1.165, 1.54) is 0 Å². The van der Waals surface area contributed by atoms with E-state index in [1.807, 2.05) is 36.4 Å². The summed E-state index contributed by atoms with van der Waals surface area (Å²) in [7, 11) is 0. The van der Waals surface area contributed by atoms with E-state index in [1.54, 1.807) is 11.0 Å². The molecular weight excluding hydrogens is 306 g/mol. The molecule has 2 aliphatic heterocycles. The molecule has 24 heavy (non-hydrogen) atoms. The second kappa shape index (κ2) is 6.00. The van der Waals surface area contributed by atoms with Crippen molar-refractivity contribution in [1.29, 1.82) is 0 Å². The van der Waals surface area contributed by atoms with Crippen molar-refractivity contribution in [3.05, 3.63) is 53.6 Å². The van der Waals surface area contributed by atoms with Crippen LogP contribution in [0, 0.1) is 0 Å². The average Bonchev–Trinajstić information content (AvgIpc) is 2.62. The van der Waals surface area contributed by atoms with Gasteiger partial charge in [0.25, 0.3) is 0 Å². The molecule has 0 N–H and O–H groups in total. The Bertz CT molecular complexity index is 815. The zero-order chi connectivity index (χ0) is 16.5. The molecule has 0 fully saturated rings. The highest BCUT2D eigenvalue weighted by atomic mass is 16.6. The number of para-hydroxylation sites is 1. The molecule has 1 amide bonds. The van der Waals surface area contributed by atoms with Crippen molar-refractivity contribution in [2.45, 2.75) is 12.8 Å². The van der Waals surface area contributed by atoms with Gasteiger partial charge in [-0.25, -0.2) is 0 Å². The highest BCUT2D eigenvalue weighted by Gasteiger charge is 2.27. The minimum atomic E-state index is -0.0216. The van der Waals surface area contributed by atoms with Crippen LogP contribution in [-0.4, -0.2) is 31.4 Å². The SMILES string of the molecule is O=C1CCN(C(=O)Cc2ccc3c(c2)OCCO3)c2ccccc21. The Hall–Kier alpha value is -2.82. The number of ether oxygens (including phenoxy) is 2. The van der Waals surface area contributed by atoms with Gasteiger partial charge >= 0.3 is 0 Å². The first-order valence-corrected chi connectivity index (χ1v) is 8.03. The molecule has 0 bridgehead atoms. The van der Waals surface area contributed by atoms with Crippen molar-refractivity contribution in [3.8, 4) is 11.5 Å². The molecule has 4 rings (SSSR count). The van der Waals surface area contributed by atoms with E-state index in [-0.39, 0.29) is 18.1 Å². The molecule has 0 atom stereocenters. The van der Waals surface area contributed by atoms with Gasteiger partial charge in [-0.15, -0.1) is 0 Å². The molecule has 2 aromatic carbocycles. The minimum Gasteiger partial charge on any atom is -0.486 e. The largest absolute Gasteiger partial charge is 0.486 e. The van der Waals surface area contributed by atoms with Crippen LogP contribution in [0.3, 0.4) is 0 Å². The van der Waals surface area contributed by atoms with Gasteiger partial charge < -0.3 is 14.4 Å². The summed E-state index contributed by atoms with van der Waals surface area (Å²) >= 11 is 0. The van der Waals surface area contributed by atoms with Crippen LogP contribution < -0.4 is 14.4 Å². The maximum Gasteiger partial charge on any atom is 0.231 e. The summed E-state index contributed by atoms with van der Waals surface area (Å²) in [6, 6.07) is 12.9. The number of amides is 1. The predicted octanol–water partition coefficient (Wildman–Crippen LogP) is 2.62. The molecule has 0 spiro atoms. The van der Waals surface area contributed by atoms with Crippen molar-refractivity contribution < 1.29 is 19.1 Å². The summed E-state index contributed by atoms with van der Waals surface area (Å²) in [6.07, 6.45) is 0.628. The molecule has 0 saturated carbocycles. The van der Waals surface area contributed by atoms with Gasteiger partial charge in [0.05, 0.1) is 12.1 Å². The van der Waals surface area contributed by atoms with Gasteiger partial charge in [-0.1, -0.05) is 18.2 Å². The summed E-state index contributed by atoms with van der Waals surface area (Å²) in [5.74, 6) is 1.47. The number of ketones is 1. The Balaban J connectivity index is 1.57. The Morgan fingerprint density at radius 2 is 1.83 bits per heavy atom. The zero-order valence-electron chi connectivity index (χ0n) is 13.2. The highest BCUT2D eigenvalue weighted by molar-refractivity contribution is 6.09. The van der Waals surface area contributed by atoms with Crippen molar-refractivity contribution in [3.63, 3.8) is 0 Å². The first-order chi connectivity index (χ1) is 11.7. The number of carbonyl (C=O) groups excluding carboxylic acids is 2. The first kappa shape index (κ1) is 14.8. The molecule has 5 heteroatoms. The van der Waals surface area contributed by atoms with Crippen molar-refractivity contribution in [2.75, 3.05) is 24.7 Å². The minimum absolute atomic E-state index is 0.0216. The molecular formula is C19H17NO4. The van der Waals surface area contributed by atoms with Crippen LogP contribution in [0.1, 0.15) is 22.3 Å². The monoisotopic (exact) mass is 323 g/mol. The molecule has 122 valence electrons. The molecule has 0 aromatic heterocycles. The van der Waals surface area contributed by atoms with E-state index >= 15 is 0 Å². The van der Waals surface area contributed by atoms with Gasteiger partial charge in [-0.05, 0) is 29.8 Å². The van der Waals surface area contributed by atoms with Crippen LogP contribution in [0.5, 0.6) is 11.5 Å². The maximum atomic E-state index is 12.7. The number of anilines is 1. The third-order valence-corrected chi connectivity index (χ3v) is 4.32. The molecule has 0 saturated heterocycles. The molecule has 0 radical (unpaired) electrons. The fraction of sp³-hybridized carbons (Fsp3) is 0.263. The quantitative estimate of drug-likeness (QED) is 0.852. The number of carbonyl (C=O) groups is 2. The van der Waals surface area contributed by atoms with Crippen LogP contribution in [-0.2, 0) is 11.2 Å². The van der Waals surface area contributed by atoms with E-state index < -0.39 is 0 Å². The number of Topliss-reactive ketones (excluding diaryl/α,β-unsaturated/α-hetero) is 1. The maximum absolute atomic E-state index is 12.7. The lowest BCUT2D eigenvalue weighted by atomic mass is 9.99. The van der Waals surface area contributed by atoms with Crippen LogP contribution in [0.25, 0.3) is 0 Å². The van der Waals surface area contributed by atoms with Crippen molar-refractivity contribution in [2.24, 2.45) is 0 Å². The number of hydrogen-bond acceptors (Lipinski definition) is 4. The van der Waals surface area contributed by atoms with E-state index in [0.717, 1.165) is 5.56 Å². The Morgan fingerprint density at radius 3 is 2.71 bits per heavy atom. The van der Waals surface area contributed by atoms with E-state index in [9.17, 15) is 9.59 Å². The fourth-order valence-corrected chi connectivity index (χ4v) is 3.14. The van der Waals surface area contributed by atoms with Gasteiger partial charge in [0.2, 0.25) is 5.91 Å². The molecule has 5 nitrogen and oxygen atoms in total. The number of fused-ring (bicyclic) bond motifs is 2. The van der Waals surface area contributed by atoms with Gasteiger partial charge in [0.1, 0.15) is 13.2 Å². The van der Waals surface area contributed by atoms with Crippen molar-refractivity contribution in [1.82, 2.24) is 0 Å². The highest BCUT2D eigenvalue weighted by Crippen LogP contribution is 2.32. The molecule has 0 aliphatic carbocycles. The smallest absolute Gasteiger partial charge is 0.231 e. The lowest BCUT2D eigenvalue weighted by Crippen LogP contribution is -2.38. The first-order valence-electron chi connectivity index (χ1n) is 8.03. The van der Waals surface area contributed by atoms with Crippen LogP contribution in [0.2, 0.25) is 0 Å². The van der Waals surface area contributed by atoms with Crippen molar-refractivity contribution >= 4 is 17.4 Å². The summed E-state index contributed by atoms with van der Waals surface area (Å²) in [6.45, 7) is 1.50. The Morgan fingerprint density at radius 1 is 1.04 bits per heavy atom. The zero-order valence-corrected chi connectivity index (χ0v) is 13.2. The summed E-state index contributed by atoms with van der Waals surface area (Å²) in [5.41, 5.74) is 2.20. The second-order valence-corrected chi connectivity index (χ2v) is 5.89. The lowest BCUT2D eigenvalue weighted by molar-refractivity contribution is -0.118. The van der Waals surface area contributed by atoms with E-state index in [2.05, 4.69) is 0 Å². The summed E-state index contributed by atoms with van der Waals surface area (Å²) < 4.78 is 11.1. The summed E-state index contributed by atoms with van der Waals surface area (Å²) in [4.78, 5) is 26.5. The van der Waals surface area contributed by atoms with E-state index in [0.29, 0.717) is 48.9 Å². The standard InChI is InChI=1S/C19H17NO4/c21-16-7-8-20(15-4-2-1-3-14(15)16)19(22)12-13-5-6-17-18(11-13)24-10-9-23-17/h1-6,11H,7-10,12H2. The average molecular weight is 323 g/mol. The van der Waals surface area contributed by atoms with Gasteiger partial charge in [-0.2, -0.15) is 0 Å². The number of hydrogen-bond donors (Lipinski definition) is 0. The number of rotatable bonds is 2. The topological polar surface area (TPSA) is 55.8 Å². The Labute approximate surface area is 139 Å². The van der Waals surface area contributed by atoms with Gasteiger partial charge in [-0.3, -0.25) is 9.59 Å². The lowest BCUT2D eigenvalue weighted by Gasteiger charge is -2.29. The van der Waals surface area contributed by atoms with Gasteiger partial charge in [0, 0.05) is 18.5 Å². The van der Waals surface area contributed by atoms with Crippen LogP contribution in [0.4, 0.5) is 5.69 Å². The second-order valence-electron chi connectivity index (χ2n) is 5.89. The fourth-order valence-electron chi connectivity index (χ4n) is 3.14. The molecule has 0 unspecified atom stereocenters. The van der Waals surface area contributed by atoms with Crippen LogP contribution >= 0.6 is 0 Å². The van der Waals surface area contributed by atoms with Crippen LogP contribution in [0.15, 0.2) is 42.5 Å². The number of benzene rings is 2. The molecule has 2 aliphatic rings.